The van der Waals surface area contributed by atoms with Gasteiger partial charge in [0.2, 0.25) is 5.91 Å². The maximum atomic E-state index is 12.0. The van der Waals surface area contributed by atoms with Crippen molar-refractivity contribution in [3.63, 3.8) is 0 Å². The summed E-state index contributed by atoms with van der Waals surface area (Å²) in [6.45, 7) is -1.18. The lowest BCUT2D eigenvalue weighted by atomic mass is 10.1. The molecule has 0 aromatic heterocycles. The number of nitrogens with one attached hydrogen (secondary N) is 1. The van der Waals surface area contributed by atoms with Crippen molar-refractivity contribution in [1.29, 1.82) is 0 Å². The van der Waals surface area contributed by atoms with Gasteiger partial charge in [-0.15, -0.1) is 0 Å². The van der Waals surface area contributed by atoms with Crippen molar-refractivity contribution in [2.45, 2.75) is 26.1 Å². The van der Waals surface area contributed by atoms with Gasteiger partial charge in [0.05, 0.1) is 6.10 Å². The molecule has 4 nitrogen and oxygen atoms in total. The minimum atomic E-state index is -2.91. The van der Waals surface area contributed by atoms with Gasteiger partial charge in [-0.25, -0.2) is 0 Å². The maximum absolute atomic E-state index is 12.0. The molecular formula is C12H15F2NO3. The van der Waals surface area contributed by atoms with Gasteiger partial charge in [0.25, 0.3) is 0 Å². The molecule has 2 N–H and O–H groups in total. The average molecular weight is 259 g/mol. The van der Waals surface area contributed by atoms with Crippen molar-refractivity contribution in [2.75, 3.05) is 6.54 Å². The van der Waals surface area contributed by atoms with Gasteiger partial charge in [-0.2, -0.15) is 8.78 Å². The summed E-state index contributed by atoms with van der Waals surface area (Å²) in [6.07, 6.45) is -0.636. The van der Waals surface area contributed by atoms with E-state index in [1.807, 2.05) is 0 Å². The minimum Gasteiger partial charge on any atom is -0.435 e. The molecule has 0 spiro atoms. The first-order valence-electron chi connectivity index (χ1n) is 5.52. The van der Waals surface area contributed by atoms with Crippen molar-refractivity contribution < 1.29 is 23.4 Å². The Balaban J connectivity index is 2.62. The molecule has 0 aliphatic carbocycles. The smallest absolute Gasteiger partial charge is 0.387 e. The van der Waals surface area contributed by atoms with Crippen LogP contribution in [0.2, 0.25) is 0 Å². The summed E-state index contributed by atoms with van der Waals surface area (Å²) in [6, 6.07) is 5.75. The molecule has 0 saturated heterocycles. The van der Waals surface area contributed by atoms with Crippen LogP contribution in [0.15, 0.2) is 24.3 Å². The summed E-state index contributed by atoms with van der Waals surface area (Å²) in [4.78, 5) is 11.0. The maximum Gasteiger partial charge on any atom is 0.387 e. The highest BCUT2D eigenvalue weighted by atomic mass is 19.3. The van der Waals surface area contributed by atoms with E-state index in [0.717, 1.165) is 0 Å². The quantitative estimate of drug-likeness (QED) is 0.819. The fourth-order valence-electron chi connectivity index (χ4n) is 1.35. The lowest BCUT2D eigenvalue weighted by molar-refractivity contribution is -0.121. The Hall–Kier alpha value is -1.69. The molecule has 0 saturated carbocycles. The van der Waals surface area contributed by atoms with E-state index in [-0.39, 0.29) is 18.2 Å². The van der Waals surface area contributed by atoms with Crippen molar-refractivity contribution in [3.8, 4) is 5.75 Å². The molecule has 1 atom stereocenters. The van der Waals surface area contributed by atoms with Gasteiger partial charge in [0, 0.05) is 13.0 Å². The summed E-state index contributed by atoms with van der Waals surface area (Å²) in [7, 11) is 0. The van der Waals surface area contributed by atoms with E-state index in [0.29, 0.717) is 12.0 Å². The zero-order valence-electron chi connectivity index (χ0n) is 9.90. The van der Waals surface area contributed by atoms with Crippen LogP contribution in [-0.4, -0.2) is 24.2 Å². The highest BCUT2D eigenvalue weighted by Crippen LogP contribution is 2.20. The molecular weight excluding hydrogens is 244 g/mol. The predicted octanol–water partition coefficient (Wildman–Crippen LogP) is 1.85. The number of hydrogen-bond donors (Lipinski definition) is 2. The first-order valence-corrected chi connectivity index (χ1v) is 5.52. The molecule has 1 unspecified atom stereocenters. The van der Waals surface area contributed by atoms with Crippen molar-refractivity contribution in [1.82, 2.24) is 5.32 Å². The third-order valence-corrected chi connectivity index (χ3v) is 2.28. The molecule has 0 fully saturated rings. The third kappa shape index (κ3) is 4.67. The highest BCUT2D eigenvalue weighted by Gasteiger charge is 2.11. The summed E-state index contributed by atoms with van der Waals surface area (Å²) in [5.41, 5.74) is 0.407. The summed E-state index contributed by atoms with van der Waals surface area (Å²) < 4.78 is 28.2. The molecule has 0 heterocycles. The molecule has 0 aliphatic heterocycles. The van der Waals surface area contributed by atoms with Crippen LogP contribution < -0.4 is 10.1 Å². The fourth-order valence-corrected chi connectivity index (χ4v) is 1.35. The number of alkyl halides is 2. The van der Waals surface area contributed by atoms with Gasteiger partial charge >= 0.3 is 6.61 Å². The average Bonchev–Trinajstić information content (AvgIpc) is 2.35. The van der Waals surface area contributed by atoms with Crippen LogP contribution in [0.5, 0.6) is 5.75 Å². The number of carbonyl (C=O) groups excluding carboxylic acids is 1. The molecule has 1 aromatic carbocycles. The number of hydrogen-bond acceptors (Lipinski definition) is 3. The van der Waals surface area contributed by atoms with Gasteiger partial charge in [0.1, 0.15) is 5.75 Å². The molecule has 6 heteroatoms. The zero-order valence-corrected chi connectivity index (χ0v) is 9.90. The Morgan fingerprint density at radius 3 is 2.83 bits per heavy atom. The van der Waals surface area contributed by atoms with Crippen LogP contribution >= 0.6 is 0 Å². The first-order chi connectivity index (χ1) is 8.52. The van der Waals surface area contributed by atoms with Crippen molar-refractivity contribution in [3.05, 3.63) is 29.8 Å². The van der Waals surface area contributed by atoms with E-state index in [2.05, 4.69) is 10.1 Å². The normalized spacial score (nSPS) is 12.3. The number of amides is 1. The second kappa shape index (κ2) is 6.90. The van der Waals surface area contributed by atoms with E-state index in [4.69, 9.17) is 0 Å². The summed E-state index contributed by atoms with van der Waals surface area (Å²) in [5, 5.41) is 12.3. The van der Waals surface area contributed by atoms with Crippen molar-refractivity contribution >= 4 is 5.91 Å². The minimum absolute atomic E-state index is 0.0247. The van der Waals surface area contributed by atoms with Crippen LogP contribution in [0.1, 0.15) is 25.0 Å². The molecule has 100 valence electrons. The Morgan fingerprint density at radius 2 is 2.22 bits per heavy atom. The van der Waals surface area contributed by atoms with Crippen LogP contribution in [-0.2, 0) is 4.79 Å². The molecule has 0 bridgehead atoms. The SMILES string of the molecule is CCC(=O)NCC(O)c1cccc(OC(F)F)c1. The molecule has 18 heavy (non-hydrogen) atoms. The van der Waals surface area contributed by atoms with Crippen LogP contribution in [0.4, 0.5) is 8.78 Å². The number of ether oxygens (including phenoxy) is 1. The van der Waals surface area contributed by atoms with Gasteiger partial charge < -0.3 is 15.2 Å². The topological polar surface area (TPSA) is 58.6 Å². The lowest BCUT2D eigenvalue weighted by Crippen LogP contribution is -2.27. The standard InChI is InChI=1S/C12H15F2NO3/c1-2-11(17)15-7-10(16)8-4-3-5-9(6-8)18-12(13)14/h3-6,10,12,16H,2,7H2,1H3,(H,15,17). The molecule has 1 amide bonds. The molecule has 1 aromatic rings. The molecule has 1 rings (SSSR count). The van der Waals surface area contributed by atoms with Gasteiger partial charge in [-0.05, 0) is 17.7 Å². The Bertz CT molecular complexity index is 399. The number of aliphatic hydroxyl groups is 1. The van der Waals surface area contributed by atoms with E-state index < -0.39 is 12.7 Å². The van der Waals surface area contributed by atoms with Gasteiger partial charge in [-0.3, -0.25) is 4.79 Å². The monoisotopic (exact) mass is 259 g/mol. The summed E-state index contributed by atoms with van der Waals surface area (Å²) in [5.74, 6) is -0.211. The fraction of sp³-hybridized carbons (Fsp3) is 0.417. The van der Waals surface area contributed by atoms with Gasteiger partial charge in [0.15, 0.2) is 0 Å². The highest BCUT2D eigenvalue weighted by molar-refractivity contribution is 5.75. The Morgan fingerprint density at radius 1 is 1.50 bits per heavy atom. The Labute approximate surface area is 104 Å². The molecule has 0 aliphatic rings. The van der Waals surface area contributed by atoms with Crippen molar-refractivity contribution in [2.24, 2.45) is 0 Å². The molecule has 0 radical (unpaired) electrons. The summed E-state index contributed by atoms with van der Waals surface area (Å²) >= 11 is 0. The second-order valence-electron chi connectivity index (χ2n) is 3.62. The number of carbonyl (C=O) groups is 1. The largest absolute Gasteiger partial charge is 0.435 e. The number of aliphatic hydroxyl groups excluding tert-OH is 1. The van der Waals surface area contributed by atoms with Crippen LogP contribution in [0, 0.1) is 0 Å². The lowest BCUT2D eigenvalue weighted by Gasteiger charge is -2.13. The zero-order chi connectivity index (χ0) is 13.5. The first kappa shape index (κ1) is 14.4. The second-order valence-corrected chi connectivity index (χ2v) is 3.62. The van der Waals surface area contributed by atoms with Crippen LogP contribution in [0.3, 0.4) is 0 Å². The third-order valence-electron chi connectivity index (χ3n) is 2.28. The Kier molecular flexibility index (Phi) is 5.51. The van der Waals surface area contributed by atoms with Gasteiger partial charge in [-0.1, -0.05) is 19.1 Å². The van der Waals surface area contributed by atoms with E-state index in [1.54, 1.807) is 13.0 Å². The number of halogens is 2. The van der Waals surface area contributed by atoms with Crippen LogP contribution in [0.25, 0.3) is 0 Å². The van der Waals surface area contributed by atoms with E-state index >= 15 is 0 Å². The van der Waals surface area contributed by atoms with E-state index in [9.17, 15) is 18.7 Å². The predicted molar refractivity (Wildman–Crippen MR) is 61.3 cm³/mol. The number of rotatable bonds is 6. The number of benzene rings is 1. The van der Waals surface area contributed by atoms with E-state index in [1.165, 1.54) is 18.2 Å².